The molecular weight excluding hydrogens is 447 g/mol. The van der Waals surface area contributed by atoms with Crippen molar-refractivity contribution < 1.29 is 4.79 Å². The van der Waals surface area contributed by atoms with E-state index in [1.54, 1.807) is 0 Å². The fraction of sp³-hybridized carbons (Fsp3) is 0.0385. The fourth-order valence-electron chi connectivity index (χ4n) is 3.99. The third kappa shape index (κ3) is 3.20. The predicted octanol–water partition coefficient (Wildman–Crippen LogP) is 3.89. The van der Waals surface area contributed by atoms with E-state index in [2.05, 4.69) is 72.8 Å². The Balaban J connectivity index is 2.10. The molecule has 0 fully saturated rings. The first-order valence-corrected chi connectivity index (χ1v) is 15.2. The average molecular weight is 469 g/mol. The molecule has 0 aliphatic rings. The summed E-state index contributed by atoms with van der Waals surface area (Å²) in [5.41, 5.74) is 1.88. The van der Waals surface area contributed by atoms with Crippen LogP contribution in [0.2, 0.25) is 0 Å². The van der Waals surface area contributed by atoms with Gasteiger partial charge in [-0.25, -0.2) is 0 Å². The van der Waals surface area contributed by atoms with Crippen LogP contribution in [-0.4, -0.2) is 22.2 Å². The molecular formula is C26H22OSn. The Labute approximate surface area is 170 Å². The van der Waals surface area contributed by atoms with E-state index >= 15 is 0 Å². The molecule has 28 heavy (non-hydrogen) atoms. The molecule has 0 atom stereocenters. The summed E-state index contributed by atoms with van der Waals surface area (Å²) in [6, 6.07) is 39.2. The van der Waals surface area contributed by atoms with Crippen LogP contribution in [0.15, 0.2) is 115 Å². The van der Waals surface area contributed by atoms with E-state index in [1.807, 2.05) is 49.4 Å². The van der Waals surface area contributed by atoms with Crippen LogP contribution in [0.1, 0.15) is 15.9 Å². The zero-order valence-corrected chi connectivity index (χ0v) is 18.7. The Morgan fingerprint density at radius 1 is 0.536 bits per heavy atom. The maximum absolute atomic E-state index is 14.4. The van der Waals surface area contributed by atoms with Gasteiger partial charge in [-0.05, 0) is 0 Å². The van der Waals surface area contributed by atoms with Crippen molar-refractivity contribution in [2.45, 2.75) is 6.92 Å². The monoisotopic (exact) mass is 470 g/mol. The van der Waals surface area contributed by atoms with Gasteiger partial charge in [0.15, 0.2) is 0 Å². The summed E-state index contributed by atoms with van der Waals surface area (Å²) in [6.07, 6.45) is 0. The molecule has 0 aliphatic heterocycles. The normalized spacial score (nSPS) is 11.2. The second-order valence-corrected chi connectivity index (χ2v) is 17.5. The van der Waals surface area contributed by atoms with Crippen molar-refractivity contribution in [3.05, 3.63) is 126 Å². The zero-order chi connectivity index (χ0) is 19.4. The molecule has 4 aromatic rings. The first kappa shape index (κ1) is 18.7. The molecule has 0 spiro atoms. The number of aryl methyl sites for hydroxylation is 1. The van der Waals surface area contributed by atoms with Crippen LogP contribution in [0.4, 0.5) is 0 Å². The fourth-order valence-corrected chi connectivity index (χ4v) is 17.0. The van der Waals surface area contributed by atoms with Gasteiger partial charge < -0.3 is 0 Å². The molecule has 0 aliphatic carbocycles. The Hall–Kier alpha value is -2.65. The Bertz CT molecular complexity index is 976. The van der Waals surface area contributed by atoms with Gasteiger partial charge in [-0.1, -0.05) is 0 Å². The molecule has 4 rings (SSSR count). The van der Waals surface area contributed by atoms with Gasteiger partial charge in [0.05, 0.1) is 0 Å². The van der Waals surface area contributed by atoms with Crippen LogP contribution >= 0.6 is 0 Å². The average Bonchev–Trinajstić information content (AvgIpc) is 2.77. The van der Waals surface area contributed by atoms with E-state index < -0.39 is 18.4 Å². The molecule has 1 nitrogen and oxygen atoms in total. The van der Waals surface area contributed by atoms with Gasteiger partial charge in [0, 0.05) is 0 Å². The molecule has 0 N–H and O–H groups in total. The number of hydrogen-bond donors (Lipinski definition) is 0. The van der Waals surface area contributed by atoms with Crippen molar-refractivity contribution in [2.75, 3.05) is 0 Å². The van der Waals surface area contributed by atoms with E-state index in [0.29, 0.717) is 3.80 Å². The second kappa shape index (κ2) is 8.15. The summed E-state index contributed by atoms with van der Waals surface area (Å²) in [5.74, 6) is 0. The number of benzene rings is 4. The minimum absolute atomic E-state index is 0.302. The third-order valence-corrected chi connectivity index (χ3v) is 18.3. The van der Waals surface area contributed by atoms with Crippen LogP contribution in [0, 0.1) is 6.92 Å². The molecule has 0 bridgehead atoms. The van der Waals surface area contributed by atoms with Crippen LogP contribution in [0.3, 0.4) is 0 Å². The van der Waals surface area contributed by atoms with Gasteiger partial charge in [0.1, 0.15) is 0 Å². The van der Waals surface area contributed by atoms with Gasteiger partial charge in [-0.3, -0.25) is 0 Å². The van der Waals surface area contributed by atoms with Gasteiger partial charge in [-0.2, -0.15) is 0 Å². The van der Waals surface area contributed by atoms with E-state index in [1.165, 1.54) is 10.7 Å². The maximum atomic E-state index is 14.4. The summed E-state index contributed by atoms with van der Waals surface area (Å²) in [5, 5.41) is 0. The standard InChI is InChI=1S/C8H7O.3C6H5.Sn/c1-7-4-2-3-5-8(7)6-9;3*1-2-4-6-5-3-1;/h2-5H,1H3;3*1-5H;. The topological polar surface area (TPSA) is 17.1 Å². The molecule has 0 saturated carbocycles. The van der Waals surface area contributed by atoms with E-state index in [4.69, 9.17) is 0 Å². The first-order chi connectivity index (χ1) is 13.7. The van der Waals surface area contributed by atoms with Gasteiger partial charge in [-0.15, -0.1) is 0 Å². The quantitative estimate of drug-likeness (QED) is 0.406. The summed E-state index contributed by atoms with van der Waals surface area (Å²) in [4.78, 5) is 14.4. The van der Waals surface area contributed by atoms with E-state index in [9.17, 15) is 4.79 Å². The first-order valence-electron chi connectivity index (χ1n) is 9.51. The molecule has 0 amide bonds. The molecule has 2 heteroatoms. The molecule has 136 valence electrons. The summed E-state index contributed by atoms with van der Waals surface area (Å²) >= 11 is -3.98. The van der Waals surface area contributed by atoms with Gasteiger partial charge in [0.2, 0.25) is 0 Å². The number of hydrogen-bond acceptors (Lipinski definition) is 1. The summed E-state index contributed by atoms with van der Waals surface area (Å²) in [7, 11) is 0. The van der Waals surface area contributed by atoms with Crippen LogP contribution < -0.4 is 10.7 Å². The molecule has 0 heterocycles. The second-order valence-electron chi connectivity index (χ2n) is 6.99. The Morgan fingerprint density at radius 3 is 1.29 bits per heavy atom. The van der Waals surface area contributed by atoms with Crippen LogP contribution in [-0.2, 0) is 0 Å². The predicted molar refractivity (Wildman–Crippen MR) is 119 cm³/mol. The van der Waals surface area contributed by atoms with E-state index in [0.717, 1.165) is 11.1 Å². The zero-order valence-electron chi connectivity index (χ0n) is 15.9. The van der Waals surface area contributed by atoms with Crippen molar-refractivity contribution in [3.63, 3.8) is 0 Å². The Morgan fingerprint density at radius 2 is 0.893 bits per heavy atom. The SMILES string of the molecule is Cc1ccccc1[C](=O)[Sn]([c]1ccccc1)([c]1ccccc1)[c]1ccccc1. The molecule has 0 unspecified atom stereocenters. The number of rotatable bonds is 5. The minimum atomic E-state index is -3.98. The van der Waals surface area contributed by atoms with Crippen molar-refractivity contribution in [3.8, 4) is 0 Å². The van der Waals surface area contributed by atoms with Gasteiger partial charge in [0.25, 0.3) is 0 Å². The molecule has 0 aromatic heterocycles. The molecule has 0 saturated heterocycles. The van der Waals surface area contributed by atoms with Crippen LogP contribution in [0.5, 0.6) is 0 Å². The van der Waals surface area contributed by atoms with Crippen molar-refractivity contribution in [2.24, 2.45) is 0 Å². The number of carbonyl (C=O) groups excluding carboxylic acids is 1. The van der Waals surface area contributed by atoms with Gasteiger partial charge >= 0.3 is 171 Å². The van der Waals surface area contributed by atoms with Crippen molar-refractivity contribution in [1.29, 1.82) is 0 Å². The molecule has 4 aromatic carbocycles. The van der Waals surface area contributed by atoms with Crippen LogP contribution in [0.25, 0.3) is 0 Å². The van der Waals surface area contributed by atoms with Crippen molar-refractivity contribution >= 4 is 32.9 Å². The number of carbonyl (C=O) groups is 1. The van der Waals surface area contributed by atoms with E-state index in [-0.39, 0.29) is 0 Å². The Kier molecular flexibility index (Phi) is 5.45. The molecule has 0 radical (unpaired) electrons. The van der Waals surface area contributed by atoms with Crippen molar-refractivity contribution in [1.82, 2.24) is 0 Å². The third-order valence-electron chi connectivity index (χ3n) is 5.35. The summed E-state index contributed by atoms with van der Waals surface area (Å²) in [6.45, 7) is 2.03. The summed E-state index contributed by atoms with van der Waals surface area (Å²) < 4.78 is 3.85.